The fourth-order valence-corrected chi connectivity index (χ4v) is 3.89. The van der Waals surface area contributed by atoms with Crippen molar-refractivity contribution in [2.45, 2.75) is 18.6 Å². The van der Waals surface area contributed by atoms with Crippen LogP contribution in [0.1, 0.15) is 6.92 Å². The van der Waals surface area contributed by atoms with Gasteiger partial charge in [-0.25, -0.2) is 0 Å². The number of carbonyl (C=O) groups is 1. The number of carbonyl (C=O) groups excluding carboxylic acids is 1. The molecule has 0 unspecified atom stereocenters. The summed E-state index contributed by atoms with van der Waals surface area (Å²) >= 11 is 10.9. The van der Waals surface area contributed by atoms with E-state index in [2.05, 4.69) is 31.4 Å². The maximum atomic E-state index is 12.3. The van der Waals surface area contributed by atoms with Gasteiger partial charge in [0, 0.05) is 22.3 Å². The van der Waals surface area contributed by atoms with Gasteiger partial charge >= 0.3 is 0 Å². The van der Waals surface area contributed by atoms with E-state index in [1.165, 1.54) is 11.8 Å². The van der Waals surface area contributed by atoms with Gasteiger partial charge in [0.15, 0.2) is 11.0 Å². The highest BCUT2D eigenvalue weighted by molar-refractivity contribution is 9.10. The van der Waals surface area contributed by atoms with Crippen LogP contribution in [0.15, 0.2) is 52.1 Å². The largest absolute Gasteiger partial charge is 0.495 e. The number of anilines is 1. The lowest BCUT2D eigenvalue weighted by atomic mass is 10.2. The van der Waals surface area contributed by atoms with Crippen LogP contribution >= 0.6 is 39.3 Å². The summed E-state index contributed by atoms with van der Waals surface area (Å²) in [4.78, 5) is 12.3. The third-order valence-electron chi connectivity index (χ3n) is 3.90. The molecule has 0 saturated carbocycles. The average Bonchev–Trinajstić information content (AvgIpc) is 3.10. The van der Waals surface area contributed by atoms with E-state index in [1.807, 2.05) is 35.8 Å². The molecule has 0 spiro atoms. The second-order valence-electron chi connectivity index (χ2n) is 5.74. The van der Waals surface area contributed by atoms with Crippen LogP contribution in [0.5, 0.6) is 5.75 Å². The summed E-state index contributed by atoms with van der Waals surface area (Å²) in [5.41, 5.74) is 1.59. The molecule has 0 atom stereocenters. The number of benzene rings is 2. The SMILES string of the molecule is CCn1c(SCC(=O)Nc2ccc(OC)c(Cl)c2)nnc1-c1ccc(Br)cc1. The Morgan fingerprint density at radius 3 is 2.64 bits per heavy atom. The first-order valence-corrected chi connectivity index (χ1v) is 10.6. The fraction of sp³-hybridized carbons (Fsp3) is 0.211. The molecule has 3 rings (SSSR count). The summed E-state index contributed by atoms with van der Waals surface area (Å²) in [7, 11) is 1.54. The second-order valence-corrected chi connectivity index (χ2v) is 8.01. The number of ether oxygens (including phenoxy) is 1. The topological polar surface area (TPSA) is 69.0 Å². The molecule has 1 heterocycles. The van der Waals surface area contributed by atoms with Gasteiger partial charge in [0.2, 0.25) is 5.91 Å². The Morgan fingerprint density at radius 2 is 2.00 bits per heavy atom. The quantitative estimate of drug-likeness (QED) is 0.474. The van der Waals surface area contributed by atoms with Crippen molar-refractivity contribution in [1.82, 2.24) is 14.8 Å². The average molecular weight is 482 g/mol. The van der Waals surface area contributed by atoms with E-state index >= 15 is 0 Å². The number of rotatable bonds is 7. The van der Waals surface area contributed by atoms with Gasteiger partial charge in [-0.2, -0.15) is 0 Å². The number of nitrogens with one attached hydrogen (secondary N) is 1. The Labute approximate surface area is 180 Å². The standard InChI is InChI=1S/C19H18BrClN4O2S/c1-3-25-18(12-4-6-13(20)7-5-12)23-24-19(25)28-11-17(26)22-14-8-9-16(27-2)15(21)10-14/h4-10H,3,11H2,1-2H3,(H,22,26). The summed E-state index contributed by atoms with van der Waals surface area (Å²) in [6.45, 7) is 2.73. The van der Waals surface area contributed by atoms with Crippen LogP contribution in [0.2, 0.25) is 5.02 Å². The van der Waals surface area contributed by atoms with Gasteiger partial charge in [-0.15, -0.1) is 10.2 Å². The van der Waals surface area contributed by atoms with Crippen molar-refractivity contribution in [3.05, 3.63) is 52.0 Å². The molecule has 0 fully saturated rings. The smallest absolute Gasteiger partial charge is 0.234 e. The van der Waals surface area contributed by atoms with E-state index in [0.717, 1.165) is 15.9 Å². The van der Waals surface area contributed by atoms with Crippen molar-refractivity contribution in [2.75, 3.05) is 18.2 Å². The van der Waals surface area contributed by atoms with E-state index in [0.29, 0.717) is 28.2 Å². The third kappa shape index (κ3) is 4.87. The summed E-state index contributed by atoms with van der Waals surface area (Å²) in [5.74, 6) is 1.40. The van der Waals surface area contributed by atoms with Crippen LogP contribution in [0.3, 0.4) is 0 Å². The van der Waals surface area contributed by atoms with Crippen molar-refractivity contribution >= 4 is 50.9 Å². The Kier molecular flexibility index (Phi) is 6.98. The Bertz CT molecular complexity index is 979. The molecule has 1 aromatic heterocycles. The van der Waals surface area contributed by atoms with Crippen molar-refractivity contribution < 1.29 is 9.53 Å². The molecular formula is C19H18BrClN4O2S. The number of hydrogen-bond donors (Lipinski definition) is 1. The van der Waals surface area contributed by atoms with Crippen LogP contribution in [0.4, 0.5) is 5.69 Å². The normalized spacial score (nSPS) is 10.7. The maximum Gasteiger partial charge on any atom is 0.234 e. The fourth-order valence-electron chi connectivity index (χ4n) is 2.56. The van der Waals surface area contributed by atoms with Gasteiger partial charge in [0.25, 0.3) is 0 Å². The third-order valence-corrected chi connectivity index (χ3v) is 5.69. The monoisotopic (exact) mass is 480 g/mol. The Morgan fingerprint density at radius 1 is 1.25 bits per heavy atom. The molecule has 0 radical (unpaired) electrons. The van der Waals surface area contributed by atoms with E-state index in [1.54, 1.807) is 25.3 Å². The molecule has 0 aliphatic rings. The van der Waals surface area contributed by atoms with Crippen LogP contribution in [0.25, 0.3) is 11.4 Å². The highest BCUT2D eigenvalue weighted by Crippen LogP contribution is 2.28. The number of halogens is 2. The van der Waals surface area contributed by atoms with Gasteiger partial charge in [-0.1, -0.05) is 51.4 Å². The number of amides is 1. The highest BCUT2D eigenvalue weighted by Gasteiger charge is 2.15. The van der Waals surface area contributed by atoms with E-state index in [4.69, 9.17) is 16.3 Å². The lowest BCUT2D eigenvalue weighted by Gasteiger charge is -2.09. The zero-order chi connectivity index (χ0) is 20.1. The lowest BCUT2D eigenvalue weighted by molar-refractivity contribution is -0.113. The molecule has 28 heavy (non-hydrogen) atoms. The molecule has 1 N–H and O–H groups in total. The molecule has 146 valence electrons. The summed E-state index contributed by atoms with van der Waals surface area (Å²) in [6.07, 6.45) is 0. The molecule has 0 saturated heterocycles. The Hall–Kier alpha value is -2.03. The molecule has 9 heteroatoms. The summed E-state index contributed by atoms with van der Waals surface area (Å²) < 4.78 is 8.11. The number of hydrogen-bond acceptors (Lipinski definition) is 5. The van der Waals surface area contributed by atoms with Crippen molar-refractivity contribution in [1.29, 1.82) is 0 Å². The van der Waals surface area contributed by atoms with Crippen LogP contribution in [-0.4, -0.2) is 33.5 Å². The van der Waals surface area contributed by atoms with Gasteiger partial charge < -0.3 is 14.6 Å². The zero-order valence-electron chi connectivity index (χ0n) is 15.3. The van der Waals surface area contributed by atoms with E-state index in [-0.39, 0.29) is 11.7 Å². The van der Waals surface area contributed by atoms with Gasteiger partial charge in [-0.05, 0) is 37.3 Å². The first-order chi connectivity index (χ1) is 13.5. The minimum atomic E-state index is -0.151. The first-order valence-electron chi connectivity index (χ1n) is 8.47. The number of methoxy groups -OCH3 is 1. The van der Waals surface area contributed by atoms with Crippen LogP contribution in [0, 0.1) is 0 Å². The molecular weight excluding hydrogens is 464 g/mol. The zero-order valence-corrected chi connectivity index (χ0v) is 18.4. The number of aromatic nitrogens is 3. The van der Waals surface area contributed by atoms with E-state index in [9.17, 15) is 4.79 Å². The maximum absolute atomic E-state index is 12.3. The summed E-state index contributed by atoms with van der Waals surface area (Å²) in [6, 6.07) is 13.0. The van der Waals surface area contributed by atoms with Gasteiger partial charge in [0.1, 0.15) is 5.75 Å². The molecule has 6 nitrogen and oxygen atoms in total. The predicted molar refractivity (Wildman–Crippen MR) is 116 cm³/mol. The van der Waals surface area contributed by atoms with Gasteiger partial charge in [-0.3, -0.25) is 4.79 Å². The van der Waals surface area contributed by atoms with Crippen molar-refractivity contribution in [3.63, 3.8) is 0 Å². The molecule has 0 aliphatic carbocycles. The Balaban J connectivity index is 1.66. The minimum Gasteiger partial charge on any atom is -0.495 e. The molecule has 0 aliphatic heterocycles. The number of thioether (sulfide) groups is 1. The first kappa shape index (κ1) is 20.7. The highest BCUT2D eigenvalue weighted by atomic mass is 79.9. The van der Waals surface area contributed by atoms with Crippen molar-refractivity contribution in [2.24, 2.45) is 0 Å². The number of nitrogens with zero attached hydrogens (tertiary/aromatic N) is 3. The molecule has 1 amide bonds. The molecule has 3 aromatic rings. The van der Waals surface area contributed by atoms with Gasteiger partial charge in [0.05, 0.1) is 17.9 Å². The van der Waals surface area contributed by atoms with E-state index < -0.39 is 0 Å². The summed E-state index contributed by atoms with van der Waals surface area (Å²) in [5, 5.41) is 12.5. The predicted octanol–water partition coefficient (Wildman–Crippen LogP) is 5.12. The molecule has 2 aromatic carbocycles. The minimum absolute atomic E-state index is 0.151. The molecule has 0 bridgehead atoms. The van der Waals surface area contributed by atoms with Crippen LogP contribution < -0.4 is 10.1 Å². The second kappa shape index (κ2) is 9.45. The lowest BCUT2D eigenvalue weighted by Crippen LogP contribution is -2.14. The van der Waals surface area contributed by atoms with Crippen molar-refractivity contribution in [3.8, 4) is 17.1 Å². The van der Waals surface area contributed by atoms with Crippen LogP contribution in [-0.2, 0) is 11.3 Å².